The van der Waals surface area contributed by atoms with E-state index in [1.807, 2.05) is 18.8 Å². The number of rotatable bonds is 8. The first kappa shape index (κ1) is 21.0. The third kappa shape index (κ3) is 8.87. The molecule has 1 aromatic rings. The Kier molecular flexibility index (Phi) is 12.5. The van der Waals surface area contributed by atoms with Crippen molar-refractivity contribution in [2.45, 2.75) is 33.1 Å². The van der Waals surface area contributed by atoms with Gasteiger partial charge in [0, 0.05) is 31.4 Å². The maximum Gasteiger partial charge on any atom is 0.190 e. The van der Waals surface area contributed by atoms with Crippen LogP contribution in [0.4, 0.5) is 0 Å². The molecule has 1 heterocycles. The molecule has 0 saturated heterocycles. The van der Waals surface area contributed by atoms with Crippen molar-refractivity contribution in [3.05, 3.63) is 15.6 Å². The van der Waals surface area contributed by atoms with Gasteiger partial charge in [-0.15, -0.1) is 35.3 Å². The summed E-state index contributed by atoms with van der Waals surface area (Å²) < 4.78 is 0. The summed E-state index contributed by atoms with van der Waals surface area (Å²) in [5.41, 5.74) is 1.15. The fourth-order valence-electron chi connectivity index (χ4n) is 1.73. The number of thiazole rings is 1. The van der Waals surface area contributed by atoms with E-state index in [4.69, 9.17) is 0 Å². The molecule has 0 aromatic carbocycles. The zero-order valence-electron chi connectivity index (χ0n) is 13.4. The number of guanidine groups is 1. The molecule has 4 nitrogen and oxygen atoms in total. The predicted octanol–water partition coefficient (Wildman–Crippen LogP) is 3.23. The third-order valence-corrected chi connectivity index (χ3v) is 4.82. The fraction of sp³-hybridized carbons (Fsp3) is 0.714. The average Bonchev–Trinajstić information content (AvgIpc) is 2.75. The van der Waals surface area contributed by atoms with E-state index in [0.717, 1.165) is 31.2 Å². The topological polar surface area (TPSA) is 49.3 Å². The molecule has 7 heteroatoms. The number of aryl methyl sites for hydroxylation is 2. The van der Waals surface area contributed by atoms with Crippen molar-refractivity contribution in [2.24, 2.45) is 4.99 Å². The Morgan fingerprint density at radius 3 is 2.52 bits per heavy atom. The number of aromatic nitrogens is 1. The lowest BCUT2D eigenvalue weighted by Crippen LogP contribution is -2.38. The van der Waals surface area contributed by atoms with Gasteiger partial charge in [-0.05, 0) is 38.7 Å². The highest BCUT2D eigenvalue weighted by atomic mass is 127. The lowest BCUT2D eigenvalue weighted by Gasteiger charge is -2.11. The van der Waals surface area contributed by atoms with Gasteiger partial charge in [0.2, 0.25) is 0 Å². The molecule has 0 amide bonds. The summed E-state index contributed by atoms with van der Waals surface area (Å²) in [6, 6.07) is 0. The average molecular weight is 442 g/mol. The second-order valence-corrected chi connectivity index (χ2v) is 6.90. The molecule has 0 spiro atoms. The molecule has 0 aliphatic carbocycles. The summed E-state index contributed by atoms with van der Waals surface area (Å²) in [6.45, 7) is 6.05. The van der Waals surface area contributed by atoms with Gasteiger partial charge in [0.1, 0.15) is 0 Å². The Morgan fingerprint density at radius 2 is 1.95 bits per heavy atom. The minimum Gasteiger partial charge on any atom is -0.356 e. The number of aliphatic imine (C=N–C) groups is 1. The van der Waals surface area contributed by atoms with Crippen molar-refractivity contribution in [3.63, 3.8) is 0 Å². The number of halogens is 1. The van der Waals surface area contributed by atoms with Crippen LogP contribution in [0.15, 0.2) is 4.99 Å². The summed E-state index contributed by atoms with van der Waals surface area (Å²) in [4.78, 5) is 10.1. The molecule has 2 N–H and O–H groups in total. The summed E-state index contributed by atoms with van der Waals surface area (Å²) in [6.07, 6.45) is 5.54. The Labute approximate surface area is 154 Å². The Bertz CT molecular complexity index is 402. The minimum atomic E-state index is 0. The molecule has 0 aliphatic heterocycles. The second kappa shape index (κ2) is 12.5. The summed E-state index contributed by atoms with van der Waals surface area (Å²) >= 11 is 3.69. The first-order valence-corrected chi connectivity index (χ1v) is 9.24. The van der Waals surface area contributed by atoms with E-state index in [1.165, 1.54) is 28.5 Å². The predicted molar refractivity (Wildman–Crippen MR) is 108 cm³/mol. The number of unbranched alkanes of at least 4 members (excludes halogenated alkanes) is 1. The first-order valence-electron chi connectivity index (χ1n) is 7.03. The molecule has 0 radical (unpaired) electrons. The van der Waals surface area contributed by atoms with Crippen LogP contribution in [0.3, 0.4) is 0 Å². The lowest BCUT2D eigenvalue weighted by molar-refractivity contribution is 0.730. The van der Waals surface area contributed by atoms with Gasteiger partial charge < -0.3 is 10.6 Å². The second-order valence-electron chi connectivity index (χ2n) is 4.62. The Balaban J connectivity index is 0.00000400. The van der Waals surface area contributed by atoms with E-state index >= 15 is 0 Å². The van der Waals surface area contributed by atoms with Crippen LogP contribution in [0, 0.1) is 13.8 Å². The third-order valence-electron chi connectivity index (χ3n) is 3.00. The number of thioether (sulfide) groups is 1. The van der Waals surface area contributed by atoms with Gasteiger partial charge in [0.25, 0.3) is 0 Å². The largest absolute Gasteiger partial charge is 0.356 e. The highest BCUT2D eigenvalue weighted by molar-refractivity contribution is 14.0. The molecule has 1 aromatic heterocycles. The smallest absolute Gasteiger partial charge is 0.190 e. The van der Waals surface area contributed by atoms with Gasteiger partial charge in [0.05, 0.1) is 10.7 Å². The van der Waals surface area contributed by atoms with Crippen LogP contribution >= 0.6 is 47.1 Å². The van der Waals surface area contributed by atoms with Gasteiger partial charge >= 0.3 is 0 Å². The Morgan fingerprint density at radius 1 is 1.24 bits per heavy atom. The SMILES string of the molecule is CN=C(NCCCCSC)NCCc1nc(C)c(C)s1.I. The van der Waals surface area contributed by atoms with E-state index in [2.05, 4.69) is 40.7 Å². The molecule has 0 bridgehead atoms. The quantitative estimate of drug-likeness (QED) is 0.281. The molecule has 0 saturated carbocycles. The standard InChI is InChI=1S/C14H26N4S2.HI/c1-11-12(2)20-13(18-11)7-9-17-14(15-3)16-8-5-6-10-19-4;/h5-10H2,1-4H3,(H2,15,16,17);1H. The molecule has 0 aliphatic rings. The monoisotopic (exact) mass is 442 g/mol. The number of nitrogens with zero attached hydrogens (tertiary/aromatic N) is 2. The molecule has 0 atom stereocenters. The summed E-state index contributed by atoms with van der Waals surface area (Å²) in [7, 11) is 1.81. The van der Waals surface area contributed by atoms with Crippen LogP contribution in [-0.2, 0) is 6.42 Å². The van der Waals surface area contributed by atoms with Gasteiger partial charge in [-0.3, -0.25) is 4.99 Å². The van der Waals surface area contributed by atoms with Crippen LogP contribution < -0.4 is 10.6 Å². The molecule has 0 unspecified atom stereocenters. The van der Waals surface area contributed by atoms with Gasteiger partial charge in [-0.2, -0.15) is 11.8 Å². The van der Waals surface area contributed by atoms with E-state index in [-0.39, 0.29) is 24.0 Å². The summed E-state index contributed by atoms with van der Waals surface area (Å²) in [5, 5.41) is 7.88. The summed E-state index contributed by atoms with van der Waals surface area (Å²) in [5.74, 6) is 2.12. The van der Waals surface area contributed by atoms with Crippen molar-refractivity contribution >= 4 is 53.0 Å². The van der Waals surface area contributed by atoms with Crippen LogP contribution in [0.25, 0.3) is 0 Å². The van der Waals surface area contributed by atoms with Crippen molar-refractivity contribution in [1.82, 2.24) is 15.6 Å². The normalized spacial score (nSPS) is 11.1. The first-order chi connectivity index (χ1) is 9.67. The number of nitrogens with one attached hydrogen (secondary N) is 2. The van der Waals surface area contributed by atoms with Gasteiger partial charge in [-0.1, -0.05) is 0 Å². The zero-order chi connectivity index (χ0) is 14.8. The molecule has 0 fully saturated rings. The maximum absolute atomic E-state index is 4.54. The van der Waals surface area contributed by atoms with Crippen LogP contribution in [0.5, 0.6) is 0 Å². The van der Waals surface area contributed by atoms with Crippen molar-refractivity contribution in [2.75, 3.05) is 32.1 Å². The molecular formula is C14H27IN4S2. The van der Waals surface area contributed by atoms with Crippen LogP contribution in [0.1, 0.15) is 28.4 Å². The maximum atomic E-state index is 4.54. The van der Waals surface area contributed by atoms with Crippen molar-refractivity contribution < 1.29 is 0 Å². The zero-order valence-corrected chi connectivity index (χ0v) is 17.3. The minimum absolute atomic E-state index is 0. The van der Waals surface area contributed by atoms with E-state index in [0.29, 0.717) is 0 Å². The number of hydrogen-bond acceptors (Lipinski definition) is 4. The molecular weight excluding hydrogens is 415 g/mol. The molecule has 21 heavy (non-hydrogen) atoms. The molecule has 1 rings (SSSR count). The fourth-order valence-corrected chi connectivity index (χ4v) is 3.16. The van der Waals surface area contributed by atoms with E-state index in [1.54, 1.807) is 11.3 Å². The number of hydrogen-bond donors (Lipinski definition) is 2. The van der Waals surface area contributed by atoms with E-state index < -0.39 is 0 Å². The van der Waals surface area contributed by atoms with Gasteiger partial charge in [0.15, 0.2) is 5.96 Å². The highest BCUT2D eigenvalue weighted by Crippen LogP contribution is 2.16. The van der Waals surface area contributed by atoms with Crippen LogP contribution in [0.2, 0.25) is 0 Å². The lowest BCUT2D eigenvalue weighted by atomic mass is 10.3. The van der Waals surface area contributed by atoms with Crippen LogP contribution in [-0.4, -0.2) is 43.1 Å². The Hall–Kier alpha value is -0.0200. The molecule has 122 valence electrons. The van der Waals surface area contributed by atoms with E-state index in [9.17, 15) is 0 Å². The highest BCUT2D eigenvalue weighted by Gasteiger charge is 2.03. The van der Waals surface area contributed by atoms with Crippen molar-refractivity contribution in [1.29, 1.82) is 0 Å². The van der Waals surface area contributed by atoms with Crippen molar-refractivity contribution in [3.8, 4) is 0 Å². The van der Waals surface area contributed by atoms with Gasteiger partial charge in [-0.25, -0.2) is 4.98 Å².